The molecule has 1 aliphatic rings. The minimum atomic E-state index is -0.210. The third kappa shape index (κ3) is 2.84. The second kappa shape index (κ2) is 5.61. The summed E-state index contributed by atoms with van der Waals surface area (Å²) >= 11 is 0. The molecule has 2 heterocycles. The van der Waals surface area contributed by atoms with E-state index in [1.54, 1.807) is 12.1 Å². The lowest BCUT2D eigenvalue weighted by Crippen LogP contribution is -2.32. The number of carbonyl (C=O) groups is 1. The van der Waals surface area contributed by atoms with Gasteiger partial charge in [-0.2, -0.15) is 5.26 Å². The average Bonchev–Trinajstić information content (AvgIpc) is 2.81. The van der Waals surface area contributed by atoms with Crippen LogP contribution in [0.2, 0.25) is 0 Å². The van der Waals surface area contributed by atoms with Crippen LogP contribution in [0.5, 0.6) is 0 Å². The maximum atomic E-state index is 11.8. The zero-order valence-corrected chi connectivity index (χ0v) is 10.2. The number of nitrogens with zero attached hydrogens (tertiary/aromatic N) is 2. The van der Waals surface area contributed by atoms with Gasteiger partial charge in [0.2, 0.25) is 0 Å². The van der Waals surface area contributed by atoms with Crippen molar-refractivity contribution in [2.75, 3.05) is 13.2 Å². The van der Waals surface area contributed by atoms with Gasteiger partial charge in [-0.15, -0.1) is 0 Å². The van der Waals surface area contributed by atoms with Crippen molar-refractivity contribution in [2.45, 2.75) is 19.4 Å². The highest BCUT2D eigenvalue weighted by molar-refractivity contribution is 5.92. The monoisotopic (exact) mass is 245 g/mol. The van der Waals surface area contributed by atoms with E-state index in [-0.39, 0.29) is 12.0 Å². The summed E-state index contributed by atoms with van der Waals surface area (Å²) in [6.45, 7) is 3.38. The smallest absolute Gasteiger partial charge is 0.269 e. The summed E-state index contributed by atoms with van der Waals surface area (Å²) in [4.78, 5) is 15.8. The van der Waals surface area contributed by atoms with E-state index in [1.807, 2.05) is 13.0 Å². The highest BCUT2D eigenvalue weighted by Crippen LogP contribution is 2.19. The number of hydrogen-bond acceptors (Lipinski definition) is 4. The van der Waals surface area contributed by atoms with Crippen LogP contribution in [0.1, 0.15) is 29.4 Å². The van der Waals surface area contributed by atoms with Gasteiger partial charge >= 0.3 is 0 Å². The largest absolute Gasteiger partial charge is 0.378 e. The number of amides is 1. The van der Waals surface area contributed by atoms with Crippen LogP contribution in [0, 0.1) is 17.2 Å². The normalized spacial score (nSPS) is 22.4. The van der Waals surface area contributed by atoms with Crippen LogP contribution in [0.25, 0.3) is 0 Å². The SMILES string of the molecule is CC1OCCC1CNC(=O)c1ccc(C#N)cn1. The molecule has 2 rings (SSSR count). The first-order valence-electron chi connectivity index (χ1n) is 5.96. The van der Waals surface area contributed by atoms with Gasteiger partial charge in [0.05, 0.1) is 11.7 Å². The first-order valence-corrected chi connectivity index (χ1v) is 5.96. The Morgan fingerprint density at radius 3 is 3.06 bits per heavy atom. The first kappa shape index (κ1) is 12.5. The van der Waals surface area contributed by atoms with Crippen LogP contribution in [0.4, 0.5) is 0 Å². The molecule has 1 amide bonds. The molecule has 94 valence electrons. The molecule has 0 saturated carbocycles. The number of rotatable bonds is 3. The van der Waals surface area contributed by atoms with Crippen LogP contribution < -0.4 is 5.32 Å². The summed E-state index contributed by atoms with van der Waals surface area (Å²) in [5.74, 6) is 0.158. The van der Waals surface area contributed by atoms with Gasteiger partial charge in [0.15, 0.2) is 0 Å². The van der Waals surface area contributed by atoms with E-state index < -0.39 is 0 Å². The van der Waals surface area contributed by atoms with Gasteiger partial charge in [-0.3, -0.25) is 4.79 Å². The van der Waals surface area contributed by atoms with Gasteiger partial charge in [0.1, 0.15) is 11.8 Å². The van der Waals surface area contributed by atoms with Crippen molar-refractivity contribution in [1.29, 1.82) is 5.26 Å². The molecule has 5 heteroatoms. The Morgan fingerprint density at radius 2 is 2.50 bits per heavy atom. The second-order valence-corrected chi connectivity index (χ2v) is 4.38. The predicted octanol–water partition coefficient (Wildman–Crippen LogP) is 1.11. The first-order chi connectivity index (χ1) is 8.70. The van der Waals surface area contributed by atoms with E-state index in [4.69, 9.17) is 10.00 Å². The van der Waals surface area contributed by atoms with Crippen molar-refractivity contribution in [3.63, 3.8) is 0 Å². The Morgan fingerprint density at radius 1 is 1.67 bits per heavy atom. The molecule has 2 unspecified atom stereocenters. The van der Waals surface area contributed by atoms with E-state index in [1.165, 1.54) is 6.20 Å². The van der Waals surface area contributed by atoms with Crippen molar-refractivity contribution < 1.29 is 9.53 Å². The lowest BCUT2D eigenvalue weighted by atomic mass is 10.0. The van der Waals surface area contributed by atoms with Crippen molar-refractivity contribution in [3.05, 3.63) is 29.6 Å². The van der Waals surface area contributed by atoms with Gasteiger partial charge in [-0.1, -0.05) is 0 Å². The van der Waals surface area contributed by atoms with Crippen LogP contribution in [-0.4, -0.2) is 30.1 Å². The third-order valence-corrected chi connectivity index (χ3v) is 3.18. The molecule has 1 aromatic rings. The third-order valence-electron chi connectivity index (χ3n) is 3.18. The minimum Gasteiger partial charge on any atom is -0.378 e. The number of aromatic nitrogens is 1. The Kier molecular flexibility index (Phi) is 3.90. The van der Waals surface area contributed by atoms with Gasteiger partial charge in [0, 0.05) is 25.3 Å². The molecule has 0 spiro atoms. The van der Waals surface area contributed by atoms with E-state index in [2.05, 4.69) is 10.3 Å². The molecule has 1 saturated heterocycles. The number of pyridine rings is 1. The van der Waals surface area contributed by atoms with Gasteiger partial charge in [-0.05, 0) is 25.5 Å². The summed E-state index contributed by atoms with van der Waals surface area (Å²) in [5.41, 5.74) is 0.782. The van der Waals surface area contributed by atoms with Crippen LogP contribution in [0.3, 0.4) is 0 Å². The number of nitrogens with one attached hydrogen (secondary N) is 1. The Bertz CT molecular complexity index is 464. The lowest BCUT2D eigenvalue weighted by molar-refractivity contribution is 0.0903. The maximum absolute atomic E-state index is 11.8. The fourth-order valence-electron chi connectivity index (χ4n) is 1.95. The predicted molar refractivity (Wildman–Crippen MR) is 64.8 cm³/mol. The van der Waals surface area contributed by atoms with Crippen molar-refractivity contribution in [1.82, 2.24) is 10.3 Å². The zero-order valence-electron chi connectivity index (χ0n) is 10.2. The van der Waals surface area contributed by atoms with E-state index in [0.717, 1.165) is 13.0 Å². The number of carbonyl (C=O) groups excluding carboxylic acids is 1. The molecular formula is C13H15N3O2. The summed E-state index contributed by atoms with van der Waals surface area (Å²) in [6, 6.07) is 5.11. The highest BCUT2D eigenvalue weighted by atomic mass is 16.5. The van der Waals surface area contributed by atoms with Gasteiger partial charge in [-0.25, -0.2) is 4.98 Å². The lowest BCUT2D eigenvalue weighted by Gasteiger charge is -2.14. The topological polar surface area (TPSA) is 75.0 Å². The van der Waals surface area contributed by atoms with Crippen LogP contribution in [0.15, 0.2) is 18.3 Å². The van der Waals surface area contributed by atoms with Crippen LogP contribution >= 0.6 is 0 Å². The fourth-order valence-corrected chi connectivity index (χ4v) is 1.95. The maximum Gasteiger partial charge on any atom is 0.269 e. The van der Waals surface area contributed by atoms with Crippen molar-refractivity contribution in [3.8, 4) is 6.07 Å². The molecule has 0 radical (unpaired) electrons. The molecule has 0 aromatic carbocycles. The Hall–Kier alpha value is -1.93. The Labute approximate surface area is 106 Å². The highest BCUT2D eigenvalue weighted by Gasteiger charge is 2.24. The van der Waals surface area contributed by atoms with E-state index >= 15 is 0 Å². The standard InChI is InChI=1S/C13H15N3O2/c1-9-11(4-5-18-9)8-16-13(17)12-3-2-10(6-14)7-15-12/h2-3,7,9,11H,4-5,8H2,1H3,(H,16,17). The average molecular weight is 245 g/mol. The number of ether oxygens (including phenoxy) is 1. The molecular weight excluding hydrogens is 230 g/mol. The zero-order chi connectivity index (χ0) is 13.0. The van der Waals surface area contributed by atoms with Gasteiger partial charge < -0.3 is 10.1 Å². The quantitative estimate of drug-likeness (QED) is 0.865. The summed E-state index contributed by atoms with van der Waals surface area (Å²) in [5, 5.41) is 11.5. The summed E-state index contributed by atoms with van der Waals surface area (Å²) < 4.78 is 5.43. The molecule has 1 aromatic heterocycles. The van der Waals surface area contributed by atoms with Crippen molar-refractivity contribution in [2.24, 2.45) is 5.92 Å². The van der Waals surface area contributed by atoms with Crippen LogP contribution in [-0.2, 0) is 4.74 Å². The molecule has 0 bridgehead atoms. The molecule has 5 nitrogen and oxygen atoms in total. The molecule has 18 heavy (non-hydrogen) atoms. The van der Waals surface area contributed by atoms with Gasteiger partial charge in [0.25, 0.3) is 5.91 Å². The summed E-state index contributed by atoms with van der Waals surface area (Å²) in [7, 11) is 0. The molecule has 0 aliphatic carbocycles. The van der Waals surface area contributed by atoms with Crippen molar-refractivity contribution >= 4 is 5.91 Å². The minimum absolute atomic E-state index is 0.194. The molecule has 1 fully saturated rings. The summed E-state index contributed by atoms with van der Waals surface area (Å²) in [6.07, 6.45) is 2.57. The fraction of sp³-hybridized carbons (Fsp3) is 0.462. The Balaban J connectivity index is 1.89. The molecule has 1 aliphatic heterocycles. The molecule has 2 atom stereocenters. The number of hydrogen-bond donors (Lipinski definition) is 1. The number of nitriles is 1. The van der Waals surface area contributed by atoms with E-state index in [0.29, 0.717) is 23.7 Å². The van der Waals surface area contributed by atoms with E-state index in [9.17, 15) is 4.79 Å². The molecule has 1 N–H and O–H groups in total. The second-order valence-electron chi connectivity index (χ2n) is 4.38.